The standard InChI is InChI=1S/C10H16F2N2O/c1-13-9(2-3-9)8(15)14-6-4-10(11,12)5-7-14/h13H,2-7H2,1H3. The summed E-state index contributed by atoms with van der Waals surface area (Å²) in [5.41, 5.74) is -0.424. The van der Waals surface area contributed by atoms with Crippen molar-refractivity contribution in [1.82, 2.24) is 10.2 Å². The van der Waals surface area contributed by atoms with Gasteiger partial charge < -0.3 is 10.2 Å². The summed E-state index contributed by atoms with van der Waals surface area (Å²) >= 11 is 0. The summed E-state index contributed by atoms with van der Waals surface area (Å²) in [5, 5.41) is 2.99. The van der Waals surface area contributed by atoms with Crippen molar-refractivity contribution in [2.45, 2.75) is 37.1 Å². The Morgan fingerprint density at radius 3 is 2.13 bits per heavy atom. The molecule has 1 saturated carbocycles. The van der Waals surface area contributed by atoms with Gasteiger partial charge in [-0.15, -0.1) is 0 Å². The van der Waals surface area contributed by atoms with Crippen LogP contribution in [0.5, 0.6) is 0 Å². The van der Waals surface area contributed by atoms with Gasteiger partial charge in [-0.3, -0.25) is 4.79 Å². The average molecular weight is 218 g/mol. The monoisotopic (exact) mass is 218 g/mol. The molecule has 1 aliphatic carbocycles. The molecule has 2 aliphatic rings. The second-order valence-electron chi connectivity index (χ2n) is 4.48. The Morgan fingerprint density at radius 2 is 1.73 bits per heavy atom. The van der Waals surface area contributed by atoms with Crippen LogP contribution in [0.4, 0.5) is 8.78 Å². The van der Waals surface area contributed by atoms with Crippen LogP contribution in [-0.2, 0) is 4.79 Å². The fraction of sp³-hybridized carbons (Fsp3) is 0.900. The van der Waals surface area contributed by atoms with Crippen LogP contribution in [0.25, 0.3) is 0 Å². The molecule has 1 saturated heterocycles. The van der Waals surface area contributed by atoms with Gasteiger partial charge in [0.15, 0.2) is 0 Å². The van der Waals surface area contributed by atoms with E-state index in [9.17, 15) is 13.6 Å². The number of hydrogen-bond acceptors (Lipinski definition) is 2. The van der Waals surface area contributed by atoms with Gasteiger partial charge in [0.25, 0.3) is 5.92 Å². The number of nitrogens with zero attached hydrogens (tertiary/aromatic N) is 1. The van der Waals surface area contributed by atoms with Gasteiger partial charge in [-0.2, -0.15) is 0 Å². The zero-order valence-electron chi connectivity index (χ0n) is 8.85. The first-order valence-electron chi connectivity index (χ1n) is 5.35. The van der Waals surface area contributed by atoms with Gasteiger partial charge >= 0.3 is 0 Å². The van der Waals surface area contributed by atoms with Crippen molar-refractivity contribution in [1.29, 1.82) is 0 Å². The second kappa shape index (κ2) is 3.40. The number of nitrogens with one attached hydrogen (secondary N) is 1. The zero-order valence-corrected chi connectivity index (χ0v) is 8.85. The summed E-state index contributed by atoms with van der Waals surface area (Å²) in [6.07, 6.45) is 1.27. The van der Waals surface area contributed by atoms with E-state index < -0.39 is 11.5 Å². The second-order valence-corrected chi connectivity index (χ2v) is 4.48. The lowest BCUT2D eigenvalue weighted by Crippen LogP contribution is -2.51. The molecule has 0 atom stereocenters. The summed E-state index contributed by atoms with van der Waals surface area (Å²) in [7, 11) is 1.75. The van der Waals surface area contributed by atoms with Crippen LogP contribution in [0.15, 0.2) is 0 Å². The van der Waals surface area contributed by atoms with Crippen LogP contribution in [0, 0.1) is 0 Å². The van der Waals surface area contributed by atoms with Crippen LogP contribution in [-0.4, -0.2) is 42.4 Å². The number of likely N-dealkylation sites (tertiary alicyclic amines) is 1. The van der Waals surface area contributed by atoms with Crippen LogP contribution in [0.3, 0.4) is 0 Å². The minimum atomic E-state index is -2.58. The summed E-state index contributed by atoms with van der Waals surface area (Å²) in [4.78, 5) is 13.5. The molecule has 15 heavy (non-hydrogen) atoms. The summed E-state index contributed by atoms with van der Waals surface area (Å²) in [5.74, 6) is -2.58. The van der Waals surface area contributed by atoms with E-state index in [0.29, 0.717) is 0 Å². The van der Waals surface area contributed by atoms with Crippen LogP contribution in [0.2, 0.25) is 0 Å². The molecule has 1 N–H and O–H groups in total. The molecule has 2 rings (SSSR count). The molecular weight excluding hydrogens is 202 g/mol. The fourth-order valence-electron chi connectivity index (χ4n) is 2.04. The van der Waals surface area contributed by atoms with E-state index in [-0.39, 0.29) is 31.8 Å². The van der Waals surface area contributed by atoms with E-state index in [1.54, 1.807) is 11.9 Å². The topological polar surface area (TPSA) is 32.3 Å². The smallest absolute Gasteiger partial charge is 0.251 e. The molecule has 1 aliphatic heterocycles. The number of carbonyl (C=O) groups is 1. The summed E-state index contributed by atoms with van der Waals surface area (Å²) in [6, 6.07) is 0. The third-order valence-corrected chi connectivity index (χ3v) is 3.42. The van der Waals surface area contributed by atoms with Crippen LogP contribution < -0.4 is 5.32 Å². The third-order valence-electron chi connectivity index (χ3n) is 3.42. The summed E-state index contributed by atoms with van der Waals surface area (Å²) in [6.45, 7) is 0.379. The molecule has 0 spiro atoms. The maximum atomic E-state index is 12.9. The predicted molar refractivity (Wildman–Crippen MR) is 51.8 cm³/mol. The number of carbonyl (C=O) groups excluding carboxylic acids is 1. The van der Waals surface area contributed by atoms with Crippen molar-refractivity contribution in [3.05, 3.63) is 0 Å². The highest BCUT2D eigenvalue weighted by molar-refractivity contribution is 5.89. The van der Waals surface area contributed by atoms with Gasteiger partial charge in [-0.05, 0) is 19.9 Å². The molecule has 1 heterocycles. The van der Waals surface area contributed by atoms with Crippen molar-refractivity contribution in [2.24, 2.45) is 0 Å². The first kappa shape index (κ1) is 10.8. The highest BCUT2D eigenvalue weighted by Crippen LogP contribution is 2.38. The average Bonchev–Trinajstić information content (AvgIpc) is 2.97. The molecule has 3 nitrogen and oxygen atoms in total. The Balaban J connectivity index is 1.94. The number of piperidine rings is 1. The van der Waals surface area contributed by atoms with Crippen LogP contribution >= 0.6 is 0 Å². The molecule has 0 aromatic heterocycles. The number of alkyl halides is 2. The van der Waals surface area contributed by atoms with Crippen molar-refractivity contribution in [2.75, 3.05) is 20.1 Å². The maximum Gasteiger partial charge on any atom is 0.251 e. The Morgan fingerprint density at radius 1 is 1.20 bits per heavy atom. The molecule has 0 radical (unpaired) electrons. The fourth-order valence-corrected chi connectivity index (χ4v) is 2.04. The molecule has 0 unspecified atom stereocenters. The quantitative estimate of drug-likeness (QED) is 0.749. The van der Waals surface area contributed by atoms with Gasteiger partial charge in [-0.25, -0.2) is 8.78 Å². The first-order chi connectivity index (χ1) is 6.99. The van der Waals surface area contributed by atoms with Crippen molar-refractivity contribution >= 4 is 5.91 Å². The Kier molecular flexibility index (Phi) is 2.45. The van der Waals surface area contributed by atoms with Crippen molar-refractivity contribution in [3.63, 3.8) is 0 Å². The van der Waals surface area contributed by atoms with Crippen molar-refractivity contribution in [3.8, 4) is 0 Å². The molecule has 0 aromatic carbocycles. The SMILES string of the molecule is CNC1(C(=O)N2CCC(F)(F)CC2)CC1. The van der Waals surface area contributed by atoms with E-state index in [4.69, 9.17) is 0 Å². The zero-order chi connectivity index (χ0) is 11.1. The maximum absolute atomic E-state index is 12.9. The Labute approximate surface area is 87.8 Å². The van der Waals surface area contributed by atoms with E-state index in [1.807, 2.05) is 0 Å². The number of hydrogen-bond donors (Lipinski definition) is 1. The van der Waals surface area contributed by atoms with Gasteiger partial charge in [0.2, 0.25) is 5.91 Å². The number of likely N-dealkylation sites (N-methyl/N-ethyl adjacent to an activating group) is 1. The Hall–Kier alpha value is -0.710. The Bertz CT molecular complexity index is 267. The lowest BCUT2D eigenvalue weighted by molar-refractivity contribution is -0.140. The molecular formula is C10H16F2N2O. The lowest BCUT2D eigenvalue weighted by atomic mass is 10.1. The largest absolute Gasteiger partial charge is 0.341 e. The minimum Gasteiger partial charge on any atom is -0.341 e. The summed E-state index contributed by atoms with van der Waals surface area (Å²) < 4.78 is 25.8. The van der Waals surface area contributed by atoms with Gasteiger partial charge in [0.05, 0.1) is 5.54 Å². The normalized spacial score (nSPS) is 27.5. The van der Waals surface area contributed by atoms with Gasteiger partial charge in [0.1, 0.15) is 0 Å². The molecule has 0 bridgehead atoms. The van der Waals surface area contributed by atoms with E-state index in [1.165, 1.54) is 0 Å². The minimum absolute atomic E-state index is 0.000463. The van der Waals surface area contributed by atoms with E-state index in [2.05, 4.69) is 5.32 Å². The van der Waals surface area contributed by atoms with Gasteiger partial charge in [-0.1, -0.05) is 0 Å². The van der Waals surface area contributed by atoms with Gasteiger partial charge in [0, 0.05) is 25.9 Å². The lowest BCUT2D eigenvalue weighted by Gasteiger charge is -2.34. The highest BCUT2D eigenvalue weighted by Gasteiger charge is 2.51. The van der Waals surface area contributed by atoms with E-state index in [0.717, 1.165) is 12.8 Å². The molecule has 86 valence electrons. The van der Waals surface area contributed by atoms with Crippen LogP contribution in [0.1, 0.15) is 25.7 Å². The first-order valence-corrected chi connectivity index (χ1v) is 5.35. The highest BCUT2D eigenvalue weighted by atomic mass is 19.3. The number of halogens is 2. The molecule has 5 heteroatoms. The molecule has 2 fully saturated rings. The molecule has 0 aromatic rings. The van der Waals surface area contributed by atoms with Crippen molar-refractivity contribution < 1.29 is 13.6 Å². The number of rotatable bonds is 2. The third kappa shape index (κ3) is 1.97. The predicted octanol–water partition coefficient (Wildman–Crippen LogP) is 0.996. The van der Waals surface area contributed by atoms with E-state index >= 15 is 0 Å². The molecule has 1 amide bonds. The number of amides is 1.